The van der Waals surface area contributed by atoms with E-state index in [-0.39, 0.29) is 23.9 Å². The molecule has 0 aliphatic heterocycles. The Morgan fingerprint density at radius 1 is 0.897 bits per heavy atom. The van der Waals surface area contributed by atoms with Crippen molar-refractivity contribution < 1.29 is 39.4 Å². The van der Waals surface area contributed by atoms with Crippen molar-refractivity contribution in [2.45, 2.75) is 12.2 Å². The Kier molecular flexibility index (Phi) is 8.14. The van der Waals surface area contributed by atoms with E-state index in [0.717, 1.165) is 5.56 Å². The molecule has 0 aromatic heterocycles. The van der Waals surface area contributed by atoms with Crippen molar-refractivity contribution in [3.63, 3.8) is 0 Å². The fourth-order valence-corrected chi connectivity index (χ4v) is 2.74. The second-order valence-electron chi connectivity index (χ2n) is 6.05. The van der Waals surface area contributed by atoms with Crippen molar-refractivity contribution in [3.05, 3.63) is 47.5 Å². The van der Waals surface area contributed by atoms with E-state index in [0.29, 0.717) is 17.1 Å². The van der Waals surface area contributed by atoms with Gasteiger partial charge in [0.05, 0.1) is 34.5 Å². The molecule has 0 radical (unpaired) electrons. The highest BCUT2D eigenvalue weighted by molar-refractivity contribution is 5.56. The van der Waals surface area contributed by atoms with Crippen molar-refractivity contribution in [2.75, 3.05) is 34.5 Å². The second kappa shape index (κ2) is 10.6. The van der Waals surface area contributed by atoms with Gasteiger partial charge in [0.15, 0.2) is 29.1 Å². The number of rotatable bonds is 10. The van der Waals surface area contributed by atoms with Crippen LogP contribution in [0.4, 0.5) is 0 Å². The molecular weight excluding hydrogens is 380 g/mol. The number of aromatic hydroxyl groups is 1. The second-order valence-corrected chi connectivity index (χ2v) is 6.05. The summed E-state index contributed by atoms with van der Waals surface area (Å²) < 4.78 is 21.3. The quantitative estimate of drug-likeness (QED) is 0.473. The van der Waals surface area contributed by atoms with E-state index < -0.39 is 18.8 Å². The zero-order chi connectivity index (χ0) is 21.4. The molecule has 4 N–H and O–H groups in total. The third kappa shape index (κ3) is 5.32. The predicted molar refractivity (Wildman–Crippen MR) is 107 cm³/mol. The first kappa shape index (κ1) is 22.4. The number of aliphatic hydroxyl groups is 3. The third-order valence-corrected chi connectivity index (χ3v) is 4.26. The lowest BCUT2D eigenvalue weighted by Gasteiger charge is -2.24. The molecule has 8 heteroatoms. The molecule has 8 nitrogen and oxygen atoms in total. The van der Waals surface area contributed by atoms with Crippen LogP contribution in [0, 0.1) is 0 Å². The molecule has 2 aromatic carbocycles. The number of hydrogen-bond acceptors (Lipinski definition) is 8. The van der Waals surface area contributed by atoms with Crippen LogP contribution in [-0.2, 0) is 0 Å². The van der Waals surface area contributed by atoms with Gasteiger partial charge in [0.25, 0.3) is 0 Å². The molecule has 0 saturated carbocycles. The highest BCUT2D eigenvalue weighted by Crippen LogP contribution is 2.40. The Balaban J connectivity index is 2.31. The largest absolute Gasteiger partial charge is 0.502 e. The fraction of sp³-hybridized carbons (Fsp3) is 0.333. The summed E-state index contributed by atoms with van der Waals surface area (Å²) in [4.78, 5) is 0. The molecule has 0 saturated heterocycles. The van der Waals surface area contributed by atoms with Crippen LogP contribution in [0.1, 0.15) is 17.2 Å². The first-order valence-corrected chi connectivity index (χ1v) is 8.84. The van der Waals surface area contributed by atoms with E-state index in [1.165, 1.54) is 33.5 Å². The number of hydrogen-bond donors (Lipinski definition) is 4. The molecular formula is C21H26O8. The van der Waals surface area contributed by atoms with Gasteiger partial charge >= 0.3 is 0 Å². The van der Waals surface area contributed by atoms with E-state index in [2.05, 4.69) is 0 Å². The van der Waals surface area contributed by atoms with Gasteiger partial charge in [-0.25, -0.2) is 0 Å². The standard InChI is InChI=1S/C21H26O8/c1-26-16-9-13(5-4-8-22)6-7-15(16)29-19(12-23)20(24)14-10-17(27-2)21(25)18(11-14)28-3/h4-7,9-11,19-20,22-25H,8,12H2,1-3H3/b5-4+. The van der Waals surface area contributed by atoms with Crippen LogP contribution in [0.15, 0.2) is 36.4 Å². The predicted octanol–water partition coefficient (Wildman–Crippen LogP) is 1.90. The minimum Gasteiger partial charge on any atom is -0.502 e. The van der Waals surface area contributed by atoms with Gasteiger partial charge in [-0.05, 0) is 35.4 Å². The first-order valence-electron chi connectivity index (χ1n) is 8.84. The zero-order valence-corrected chi connectivity index (χ0v) is 16.5. The van der Waals surface area contributed by atoms with Crippen LogP contribution in [0.2, 0.25) is 0 Å². The number of methoxy groups -OCH3 is 3. The summed E-state index contributed by atoms with van der Waals surface area (Å²) in [5, 5.41) is 39.5. The molecule has 0 heterocycles. The van der Waals surface area contributed by atoms with Crippen LogP contribution in [-0.4, -0.2) is 61.1 Å². The van der Waals surface area contributed by atoms with Crippen LogP contribution < -0.4 is 18.9 Å². The Morgan fingerprint density at radius 2 is 1.52 bits per heavy atom. The van der Waals surface area contributed by atoms with E-state index in [1.807, 2.05) is 0 Å². The van der Waals surface area contributed by atoms with E-state index in [1.54, 1.807) is 30.4 Å². The molecule has 0 amide bonds. The Morgan fingerprint density at radius 3 is 2.03 bits per heavy atom. The lowest BCUT2D eigenvalue weighted by atomic mass is 10.0. The van der Waals surface area contributed by atoms with Crippen LogP contribution in [0.5, 0.6) is 28.7 Å². The number of phenolic OH excluding ortho intramolecular Hbond substituents is 1. The van der Waals surface area contributed by atoms with Crippen molar-refractivity contribution in [1.82, 2.24) is 0 Å². The van der Waals surface area contributed by atoms with E-state index >= 15 is 0 Å². The van der Waals surface area contributed by atoms with Crippen LogP contribution in [0.3, 0.4) is 0 Å². The van der Waals surface area contributed by atoms with E-state index in [9.17, 15) is 15.3 Å². The van der Waals surface area contributed by atoms with Crippen molar-refractivity contribution in [2.24, 2.45) is 0 Å². The van der Waals surface area contributed by atoms with Crippen molar-refractivity contribution >= 4 is 6.08 Å². The first-order chi connectivity index (χ1) is 14.0. The molecule has 29 heavy (non-hydrogen) atoms. The summed E-state index contributed by atoms with van der Waals surface area (Å²) >= 11 is 0. The zero-order valence-electron chi connectivity index (χ0n) is 16.5. The van der Waals surface area contributed by atoms with Gasteiger partial charge in [-0.2, -0.15) is 0 Å². The summed E-state index contributed by atoms with van der Waals surface area (Å²) in [7, 11) is 4.23. The molecule has 2 atom stereocenters. The van der Waals surface area contributed by atoms with Gasteiger partial charge in [0.2, 0.25) is 5.75 Å². The van der Waals surface area contributed by atoms with Gasteiger partial charge in [-0.15, -0.1) is 0 Å². The van der Waals surface area contributed by atoms with Crippen molar-refractivity contribution in [1.29, 1.82) is 0 Å². The average Bonchev–Trinajstić information content (AvgIpc) is 2.75. The molecule has 158 valence electrons. The number of ether oxygens (including phenoxy) is 4. The van der Waals surface area contributed by atoms with Crippen molar-refractivity contribution in [3.8, 4) is 28.7 Å². The van der Waals surface area contributed by atoms with Gasteiger partial charge in [-0.1, -0.05) is 18.2 Å². The summed E-state index contributed by atoms with van der Waals surface area (Å²) in [5.74, 6) is 0.766. The Hall–Kier alpha value is -2.94. The third-order valence-electron chi connectivity index (χ3n) is 4.26. The summed E-state index contributed by atoms with van der Waals surface area (Å²) in [6, 6.07) is 7.97. The van der Waals surface area contributed by atoms with Gasteiger partial charge in [0.1, 0.15) is 6.10 Å². The minimum atomic E-state index is -1.25. The molecule has 0 spiro atoms. The summed E-state index contributed by atoms with van der Waals surface area (Å²) in [5.41, 5.74) is 1.12. The molecule has 0 aliphatic carbocycles. The fourth-order valence-electron chi connectivity index (χ4n) is 2.74. The van der Waals surface area contributed by atoms with Crippen LogP contribution >= 0.6 is 0 Å². The van der Waals surface area contributed by atoms with E-state index in [4.69, 9.17) is 24.1 Å². The molecule has 2 unspecified atom stereocenters. The number of phenols is 1. The molecule has 2 aromatic rings. The number of aliphatic hydroxyl groups excluding tert-OH is 3. The van der Waals surface area contributed by atoms with Crippen LogP contribution in [0.25, 0.3) is 6.08 Å². The smallest absolute Gasteiger partial charge is 0.200 e. The Bertz CT molecular complexity index is 808. The Labute approximate surface area is 169 Å². The lowest BCUT2D eigenvalue weighted by Crippen LogP contribution is -2.29. The van der Waals surface area contributed by atoms with Gasteiger partial charge < -0.3 is 39.4 Å². The summed E-state index contributed by atoms with van der Waals surface area (Å²) in [6.45, 7) is -0.569. The number of benzene rings is 2. The average molecular weight is 406 g/mol. The highest BCUT2D eigenvalue weighted by atomic mass is 16.5. The molecule has 2 rings (SSSR count). The lowest BCUT2D eigenvalue weighted by molar-refractivity contribution is -0.000613. The maximum Gasteiger partial charge on any atom is 0.200 e. The highest BCUT2D eigenvalue weighted by Gasteiger charge is 2.26. The summed E-state index contributed by atoms with van der Waals surface area (Å²) in [6.07, 6.45) is 1.03. The molecule has 0 bridgehead atoms. The maximum absolute atomic E-state index is 10.7. The maximum atomic E-state index is 10.7. The van der Waals surface area contributed by atoms with Gasteiger partial charge in [0, 0.05) is 0 Å². The monoisotopic (exact) mass is 406 g/mol. The topological polar surface area (TPSA) is 118 Å². The SMILES string of the molecule is COc1cc(/C=C/CO)ccc1OC(CO)C(O)c1cc(OC)c(O)c(OC)c1. The molecule has 0 aliphatic rings. The van der Waals surface area contributed by atoms with Gasteiger partial charge in [-0.3, -0.25) is 0 Å². The normalized spacial score (nSPS) is 13.2. The minimum absolute atomic E-state index is 0.0844. The molecule has 0 fully saturated rings.